The van der Waals surface area contributed by atoms with Crippen molar-refractivity contribution in [3.05, 3.63) is 60.3 Å². The summed E-state index contributed by atoms with van der Waals surface area (Å²) in [5.74, 6) is -0.401. The molecular weight excluding hydrogens is 306 g/mol. The summed E-state index contributed by atoms with van der Waals surface area (Å²) >= 11 is 0. The molecule has 3 heterocycles. The molecule has 1 N–H and O–H groups in total. The van der Waals surface area contributed by atoms with Crippen LogP contribution in [0.3, 0.4) is 0 Å². The zero-order chi connectivity index (χ0) is 16.9. The van der Waals surface area contributed by atoms with E-state index in [4.69, 9.17) is 4.42 Å². The number of carbonyl (C=O) groups excluding carboxylic acids is 2. The summed E-state index contributed by atoms with van der Waals surface area (Å²) in [7, 11) is 0. The molecule has 0 radical (unpaired) electrons. The van der Waals surface area contributed by atoms with Gasteiger partial charge in [0, 0.05) is 25.5 Å². The SMILES string of the molecule is C[C@@H](NC(=O)c1ccoc1)C(=O)N1CC=C(c2cccnc2)CC1. The monoisotopic (exact) mass is 325 g/mol. The number of pyridine rings is 1. The van der Waals surface area contributed by atoms with Crippen molar-refractivity contribution < 1.29 is 14.0 Å². The molecule has 0 fully saturated rings. The second-order valence-electron chi connectivity index (χ2n) is 5.71. The van der Waals surface area contributed by atoms with E-state index in [0.29, 0.717) is 18.7 Å². The lowest BCUT2D eigenvalue weighted by molar-refractivity contribution is -0.132. The Bertz CT molecular complexity index is 738. The highest BCUT2D eigenvalue weighted by atomic mass is 16.3. The van der Waals surface area contributed by atoms with Gasteiger partial charge in [-0.25, -0.2) is 0 Å². The molecule has 0 spiro atoms. The number of rotatable bonds is 4. The topological polar surface area (TPSA) is 75.4 Å². The highest BCUT2D eigenvalue weighted by Gasteiger charge is 2.24. The predicted octanol–water partition coefficient (Wildman–Crippen LogP) is 2.11. The number of carbonyl (C=O) groups is 2. The molecule has 0 unspecified atom stereocenters. The Hall–Kier alpha value is -2.89. The van der Waals surface area contributed by atoms with E-state index in [1.807, 2.05) is 24.4 Å². The van der Waals surface area contributed by atoms with Crippen molar-refractivity contribution in [2.75, 3.05) is 13.1 Å². The van der Waals surface area contributed by atoms with Crippen molar-refractivity contribution in [2.24, 2.45) is 0 Å². The summed E-state index contributed by atoms with van der Waals surface area (Å²) in [6.07, 6.45) is 9.18. The Morgan fingerprint density at radius 1 is 1.38 bits per heavy atom. The standard InChI is InChI=1S/C18H19N3O3/c1-13(20-17(22)16-6-10-24-12-16)18(23)21-8-4-14(5-9-21)15-3-2-7-19-11-15/h2-4,6-7,10-13H,5,8-9H2,1H3,(H,20,22)/t13-/m1/s1. The van der Waals surface area contributed by atoms with Gasteiger partial charge in [0.1, 0.15) is 12.3 Å². The maximum absolute atomic E-state index is 12.5. The van der Waals surface area contributed by atoms with Crippen molar-refractivity contribution in [1.82, 2.24) is 15.2 Å². The largest absolute Gasteiger partial charge is 0.472 e. The molecular formula is C18H19N3O3. The lowest BCUT2D eigenvalue weighted by atomic mass is 10.0. The van der Waals surface area contributed by atoms with Crippen molar-refractivity contribution in [1.29, 1.82) is 0 Å². The minimum absolute atomic E-state index is 0.0895. The molecule has 0 aliphatic carbocycles. The fourth-order valence-electron chi connectivity index (χ4n) is 2.69. The van der Waals surface area contributed by atoms with Gasteiger partial charge in [-0.05, 0) is 36.6 Å². The van der Waals surface area contributed by atoms with Crippen molar-refractivity contribution in [3.8, 4) is 0 Å². The van der Waals surface area contributed by atoms with Crippen LogP contribution in [0.15, 0.2) is 53.6 Å². The van der Waals surface area contributed by atoms with E-state index in [0.717, 1.165) is 12.0 Å². The molecule has 1 aliphatic heterocycles. The molecule has 0 saturated heterocycles. The molecule has 2 aromatic rings. The second-order valence-corrected chi connectivity index (χ2v) is 5.71. The number of aromatic nitrogens is 1. The molecule has 124 valence electrons. The Morgan fingerprint density at radius 2 is 2.25 bits per heavy atom. The third-order valence-corrected chi connectivity index (χ3v) is 4.05. The number of nitrogens with one attached hydrogen (secondary N) is 1. The van der Waals surface area contributed by atoms with E-state index >= 15 is 0 Å². The number of hydrogen-bond acceptors (Lipinski definition) is 4. The minimum atomic E-state index is -0.583. The highest BCUT2D eigenvalue weighted by Crippen LogP contribution is 2.21. The van der Waals surface area contributed by atoms with Crippen molar-refractivity contribution in [2.45, 2.75) is 19.4 Å². The Labute approximate surface area is 140 Å². The molecule has 2 amide bonds. The molecule has 1 aliphatic rings. The van der Waals surface area contributed by atoms with E-state index < -0.39 is 6.04 Å². The third-order valence-electron chi connectivity index (χ3n) is 4.05. The smallest absolute Gasteiger partial charge is 0.255 e. The van der Waals surface area contributed by atoms with E-state index in [1.54, 1.807) is 24.1 Å². The lowest BCUT2D eigenvalue weighted by Crippen LogP contribution is -2.48. The number of amides is 2. The maximum atomic E-state index is 12.5. The van der Waals surface area contributed by atoms with Gasteiger partial charge in [0.15, 0.2) is 0 Å². The molecule has 0 bridgehead atoms. The molecule has 0 saturated carbocycles. The van der Waals surface area contributed by atoms with E-state index in [-0.39, 0.29) is 11.8 Å². The van der Waals surface area contributed by atoms with Crippen LogP contribution in [0, 0.1) is 0 Å². The first-order valence-electron chi connectivity index (χ1n) is 7.86. The van der Waals surface area contributed by atoms with Crippen LogP contribution in [0.4, 0.5) is 0 Å². The van der Waals surface area contributed by atoms with Crippen LogP contribution in [0.2, 0.25) is 0 Å². The fourth-order valence-corrected chi connectivity index (χ4v) is 2.69. The first-order chi connectivity index (χ1) is 11.6. The minimum Gasteiger partial charge on any atom is -0.472 e. The van der Waals surface area contributed by atoms with Gasteiger partial charge >= 0.3 is 0 Å². The molecule has 6 heteroatoms. The number of nitrogens with zero attached hydrogens (tertiary/aromatic N) is 2. The van der Waals surface area contributed by atoms with Gasteiger partial charge < -0.3 is 14.6 Å². The van der Waals surface area contributed by atoms with Crippen molar-refractivity contribution >= 4 is 17.4 Å². The zero-order valence-corrected chi connectivity index (χ0v) is 13.4. The van der Waals surface area contributed by atoms with Gasteiger partial charge in [-0.1, -0.05) is 12.1 Å². The maximum Gasteiger partial charge on any atom is 0.255 e. The average molecular weight is 325 g/mol. The van der Waals surface area contributed by atoms with E-state index in [1.165, 1.54) is 18.1 Å². The zero-order valence-electron chi connectivity index (χ0n) is 13.4. The van der Waals surface area contributed by atoms with Gasteiger partial charge in [-0.3, -0.25) is 14.6 Å². The molecule has 6 nitrogen and oxygen atoms in total. The van der Waals surface area contributed by atoms with E-state index in [2.05, 4.69) is 10.3 Å². The first-order valence-corrected chi connectivity index (χ1v) is 7.86. The summed E-state index contributed by atoms with van der Waals surface area (Å²) in [5, 5.41) is 2.70. The summed E-state index contributed by atoms with van der Waals surface area (Å²) in [6.45, 7) is 2.86. The Morgan fingerprint density at radius 3 is 2.88 bits per heavy atom. The van der Waals surface area contributed by atoms with Crippen molar-refractivity contribution in [3.63, 3.8) is 0 Å². The predicted molar refractivity (Wildman–Crippen MR) is 89.0 cm³/mol. The van der Waals surface area contributed by atoms with Crippen LogP contribution in [0.5, 0.6) is 0 Å². The number of hydrogen-bond donors (Lipinski definition) is 1. The normalized spacial score (nSPS) is 15.5. The van der Waals surface area contributed by atoms with Crippen LogP contribution in [0.25, 0.3) is 5.57 Å². The van der Waals surface area contributed by atoms with Gasteiger partial charge in [0.05, 0.1) is 11.8 Å². The second kappa shape index (κ2) is 7.12. The molecule has 0 aromatic carbocycles. The van der Waals surface area contributed by atoms with Crippen LogP contribution >= 0.6 is 0 Å². The first kappa shape index (κ1) is 16.0. The molecule has 2 aromatic heterocycles. The fraction of sp³-hybridized carbons (Fsp3) is 0.278. The molecule has 3 rings (SSSR count). The van der Waals surface area contributed by atoms with Crippen LogP contribution < -0.4 is 5.32 Å². The third kappa shape index (κ3) is 3.53. The Kier molecular flexibility index (Phi) is 4.74. The summed E-state index contributed by atoms with van der Waals surface area (Å²) < 4.78 is 4.88. The molecule has 1 atom stereocenters. The van der Waals surface area contributed by atoms with Crippen LogP contribution in [0.1, 0.15) is 29.3 Å². The summed E-state index contributed by atoms with van der Waals surface area (Å²) in [4.78, 5) is 30.3. The van der Waals surface area contributed by atoms with Gasteiger partial charge in [-0.2, -0.15) is 0 Å². The summed E-state index contributed by atoms with van der Waals surface area (Å²) in [6, 6.07) is 4.91. The Balaban J connectivity index is 1.58. The quantitative estimate of drug-likeness (QED) is 0.934. The van der Waals surface area contributed by atoms with E-state index in [9.17, 15) is 9.59 Å². The number of furan rings is 1. The van der Waals surface area contributed by atoms with Gasteiger partial charge in [0.2, 0.25) is 5.91 Å². The van der Waals surface area contributed by atoms with Crippen LogP contribution in [-0.4, -0.2) is 40.8 Å². The average Bonchev–Trinajstić information content (AvgIpc) is 3.17. The summed E-state index contributed by atoms with van der Waals surface area (Å²) in [5.41, 5.74) is 2.69. The van der Waals surface area contributed by atoms with Gasteiger partial charge in [-0.15, -0.1) is 0 Å². The van der Waals surface area contributed by atoms with Crippen LogP contribution in [-0.2, 0) is 4.79 Å². The lowest BCUT2D eigenvalue weighted by Gasteiger charge is -2.29. The highest BCUT2D eigenvalue weighted by molar-refractivity contribution is 5.97. The van der Waals surface area contributed by atoms with Gasteiger partial charge in [0.25, 0.3) is 5.91 Å². The molecule has 24 heavy (non-hydrogen) atoms.